The Kier molecular flexibility index (Phi) is 5.47. The molecule has 1 N–H and O–H groups in total. The standard InChI is InChI=1S/C20H21ClN2O3/c1-13-5-3-6-16(11-13)26-10-4-9-23-18-8-7-15(21)12-17(18)19(20(23)25)22-14(2)24/h3,5-8,11-12,19H,4,9-10H2,1-2H3,(H,22,24)/t19-/m1/s1. The van der Waals surface area contributed by atoms with Gasteiger partial charge in [0.2, 0.25) is 5.91 Å². The number of rotatable bonds is 6. The molecule has 26 heavy (non-hydrogen) atoms. The minimum absolute atomic E-state index is 0.145. The number of hydrogen-bond acceptors (Lipinski definition) is 3. The highest BCUT2D eigenvalue weighted by Crippen LogP contribution is 2.37. The summed E-state index contributed by atoms with van der Waals surface area (Å²) < 4.78 is 5.75. The van der Waals surface area contributed by atoms with Crippen molar-refractivity contribution in [1.29, 1.82) is 0 Å². The van der Waals surface area contributed by atoms with Crippen molar-refractivity contribution in [1.82, 2.24) is 5.32 Å². The number of carbonyl (C=O) groups excluding carboxylic acids is 2. The first kappa shape index (κ1) is 18.3. The van der Waals surface area contributed by atoms with Crippen LogP contribution in [0.5, 0.6) is 5.75 Å². The smallest absolute Gasteiger partial charge is 0.254 e. The van der Waals surface area contributed by atoms with Crippen LogP contribution in [0.3, 0.4) is 0 Å². The van der Waals surface area contributed by atoms with E-state index in [1.54, 1.807) is 17.0 Å². The minimum atomic E-state index is -0.682. The second-order valence-corrected chi connectivity index (χ2v) is 6.78. The molecule has 0 aliphatic carbocycles. The van der Waals surface area contributed by atoms with Crippen LogP contribution >= 0.6 is 11.6 Å². The van der Waals surface area contributed by atoms with Gasteiger partial charge in [-0.2, -0.15) is 0 Å². The fourth-order valence-electron chi connectivity index (χ4n) is 3.10. The third-order valence-corrected chi connectivity index (χ3v) is 4.47. The Morgan fingerprint density at radius 2 is 2.08 bits per heavy atom. The fraction of sp³-hybridized carbons (Fsp3) is 0.300. The summed E-state index contributed by atoms with van der Waals surface area (Å²) in [6.45, 7) is 4.42. The molecule has 0 saturated carbocycles. The van der Waals surface area contributed by atoms with E-state index in [1.165, 1.54) is 6.92 Å². The molecule has 136 valence electrons. The summed E-state index contributed by atoms with van der Waals surface area (Å²) in [5.74, 6) is 0.424. The van der Waals surface area contributed by atoms with Crippen molar-refractivity contribution in [3.05, 3.63) is 58.6 Å². The third kappa shape index (κ3) is 3.99. The molecule has 0 unspecified atom stereocenters. The summed E-state index contributed by atoms with van der Waals surface area (Å²) in [4.78, 5) is 25.9. The zero-order valence-corrected chi connectivity index (χ0v) is 15.5. The lowest BCUT2D eigenvalue weighted by Gasteiger charge is -2.18. The Morgan fingerprint density at radius 3 is 2.81 bits per heavy atom. The van der Waals surface area contributed by atoms with Crippen molar-refractivity contribution in [2.24, 2.45) is 0 Å². The molecule has 1 heterocycles. The molecule has 0 radical (unpaired) electrons. The maximum Gasteiger partial charge on any atom is 0.254 e. The van der Waals surface area contributed by atoms with E-state index in [0.717, 1.165) is 22.6 Å². The Labute approximate surface area is 157 Å². The van der Waals surface area contributed by atoms with Crippen LogP contribution in [0.1, 0.15) is 30.5 Å². The van der Waals surface area contributed by atoms with Crippen LogP contribution in [0.2, 0.25) is 5.02 Å². The number of carbonyl (C=O) groups is 2. The Bertz CT molecular complexity index is 838. The molecule has 0 bridgehead atoms. The van der Waals surface area contributed by atoms with Gasteiger partial charge >= 0.3 is 0 Å². The van der Waals surface area contributed by atoms with E-state index < -0.39 is 6.04 Å². The third-order valence-electron chi connectivity index (χ3n) is 4.24. The van der Waals surface area contributed by atoms with Crippen LogP contribution in [-0.4, -0.2) is 25.0 Å². The Morgan fingerprint density at radius 1 is 1.27 bits per heavy atom. The van der Waals surface area contributed by atoms with Crippen molar-refractivity contribution in [2.45, 2.75) is 26.3 Å². The van der Waals surface area contributed by atoms with Crippen LogP contribution in [-0.2, 0) is 9.59 Å². The van der Waals surface area contributed by atoms with Gasteiger partial charge in [-0.3, -0.25) is 9.59 Å². The highest BCUT2D eigenvalue weighted by molar-refractivity contribution is 6.31. The summed E-state index contributed by atoms with van der Waals surface area (Å²) >= 11 is 6.07. The van der Waals surface area contributed by atoms with Gasteiger partial charge in [0.05, 0.1) is 6.61 Å². The van der Waals surface area contributed by atoms with Gasteiger partial charge in [0, 0.05) is 29.7 Å². The van der Waals surface area contributed by atoms with Crippen LogP contribution in [0.25, 0.3) is 0 Å². The van der Waals surface area contributed by atoms with Crippen LogP contribution in [0.15, 0.2) is 42.5 Å². The van der Waals surface area contributed by atoms with Crippen LogP contribution in [0.4, 0.5) is 5.69 Å². The second-order valence-electron chi connectivity index (χ2n) is 6.35. The maximum absolute atomic E-state index is 12.7. The largest absolute Gasteiger partial charge is 0.494 e. The number of anilines is 1. The molecule has 2 amide bonds. The average molecular weight is 373 g/mol. The van der Waals surface area contributed by atoms with Crippen LogP contribution < -0.4 is 15.0 Å². The summed E-state index contributed by atoms with van der Waals surface area (Å²) in [7, 11) is 0. The molecular weight excluding hydrogens is 352 g/mol. The number of halogens is 1. The van der Waals surface area contributed by atoms with Crippen molar-refractivity contribution in [2.75, 3.05) is 18.1 Å². The van der Waals surface area contributed by atoms with E-state index in [9.17, 15) is 9.59 Å². The quantitative estimate of drug-likeness (QED) is 0.787. The van der Waals surface area contributed by atoms with Gasteiger partial charge in [-0.1, -0.05) is 23.7 Å². The van der Waals surface area contributed by atoms with E-state index in [0.29, 0.717) is 24.6 Å². The van der Waals surface area contributed by atoms with E-state index in [2.05, 4.69) is 5.32 Å². The van der Waals surface area contributed by atoms with Crippen LogP contribution in [0, 0.1) is 6.92 Å². The molecule has 0 fully saturated rings. The molecule has 1 aliphatic heterocycles. The molecular formula is C20H21ClN2O3. The van der Waals surface area contributed by atoms with E-state index in [1.807, 2.05) is 37.3 Å². The molecule has 2 aromatic rings. The first-order valence-electron chi connectivity index (χ1n) is 8.53. The zero-order valence-electron chi connectivity index (χ0n) is 14.8. The number of nitrogens with zero attached hydrogens (tertiary/aromatic N) is 1. The lowest BCUT2D eigenvalue weighted by atomic mass is 10.1. The van der Waals surface area contributed by atoms with Gasteiger partial charge in [0.1, 0.15) is 11.8 Å². The molecule has 0 saturated heterocycles. The van der Waals surface area contributed by atoms with Crippen molar-refractivity contribution in [3.63, 3.8) is 0 Å². The molecule has 1 aliphatic rings. The molecule has 3 rings (SSSR count). The molecule has 6 heteroatoms. The number of ether oxygens (including phenoxy) is 1. The normalized spacial score (nSPS) is 15.7. The van der Waals surface area contributed by atoms with Gasteiger partial charge in [-0.25, -0.2) is 0 Å². The summed E-state index contributed by atoms with van der Waals surface area (Å²) in [5.41, 5.74) is 2.66. The zero-order chi connectivity index (χ0) is 18.7. The first-order valence-corrected chi connectivity index (χ1v) is 8.91. The monoisotopic (exact) mass is 372 g/mol. The lowest BCUT2D eigenvalue weighted by molar-refractivity contribution is -0.126. The highest BCUT2D eigenvalue weighted by Gasteiger charge is 2.37. The van der Waals surface area contributed by atoms with Gasteiger partial charge in [-0.05, 0) is 49.2 Å². The molecule has 1 atom stereocenters. The lowest BCUT2D eigenvalue weighted by Crippen LogP contribution is -2.37. The SMILES string of the molecule is CC(=O)N[C@H]1C(=O)N(CCCOc2cccc(C)c2)c2ccc(Cl)cc21. The molecule has 0 spiro atoms. The minimum Gasteiger partial charge on any atom is -0.494 e. The average Bonchev–Trinajstić information content (AvgIpc) is 2.83. The maximum atomic E-state index is 12.7. The number of amides is 2. The summed E-state index contributed by atoms with van der Waals surface area (Å²) in [6.07, 6.45) is 0.675. The van der Waals surface area contributed by atoms with Gasteiger partial charge in [0.25, 0.3) is 5.91 Å². The number of benzene rings is 2. The fourth-order valence-corrected chi connectivity index (χ4v) is 3.28. The molecule has 0 aromatic heterocycles. The number of hydrogen-bond donors (Lipinski definition) is 1. The van der Waals surface area contributed by atoms with E-state index in [4.69, 9.17) is 16.3 Å². The van der Waals surface area contributed by atoms with Gasteiger partial charge in [0.15, 0.2) is 0 Å². The van der Waals surface area contributed by atoms with E-state index in [-0.39, 0.29) is 11.8 Å². The molecule has 2 aromatic carbocycles. The Balaban J connectivity index is 1.66. The predicted octanol–water partition coefficient (Wildman–Crippen LogP) is 3.64. The predicted molar refractivity (Wildman–Crippen MR) is 102 cm³/mol. The molecule has 5 nitrogen and oxygen atoms in total. The van der Waals surface area contributed by atoms with Crippen molar-refractivity contribution in [3.8, 4) is 5.75 Å². The highest BCUT2D eigenvalue weighted by atomic mass is 35.5. The summed E-state index contributed by atoms with van der Waals surface area (Å²) in [5, 5.41) is 3.25. The number of fused-ring (bicyclic) bond motifs is 1. The Hall–Kier alpha value is -2.53. The summed E-state index contributed by atoms with van der Waals surface area (Å²) in [6, 6.07) is 12.5. The number of aryl methyl sites for hydroxylation is 1. The number of nitrogens with one attached hydrogen (secondary N) is 1. The van der Waals surface area contributed by atoms with Gasteiger partial charge in [-0.15, -0.1) is 0 Å². The van der Waals surface area contributed by atoms with Crippen molar-refractivity contribution < 1.29 is 14.3 Å². The first-order chi connectivity index (χ1) is 12.5. The van der Waals surface area contributed by atoms with E-state index >= 15 is 0 Å². The van der Waals surface area contributed by atoms with Crippen molar-refractivity contribution >= 4 is 29.1 Å². The van der Waals surface area contributed by atoms with Gasteiger partial charge < -0.3 is 15.0 Å². The topological polar surface area (TPSA) is 58.6 Å². The second kappa shape index (κ2) is 7.79.